The van der Waals surface area contributed by atoms with Gasteiger partial charge in [-0.2, -0.15) is 0 Å². The summed E-state index contributed by atoms with van der Waals surface area (Å²) in [6.07, 6.45) is 4.49. The minimum absolute atomic E-state index is 0.0669. The smallest absolute Gasteiger partial charge is 0.270 e. The summed E-state index contributed by atoms with van der Waals surface area (Å²) in [6, 6.07) is 12.3. The highest BCUT2D eigenvalue weighted by molar-refractivity contribution is 6.04. The molecule has 1 fully saturated rings. The summed E-state index contributed by atoms with van der Waals surface area (Å²) < 4.78 is 5.53. The molecule has 2 aromatic carbocycles. The molecule has 30 heavy (non-hydrogen) atoms. The average Bonchev–Trinajstić information content (AvgIpc) is 2.75. The number of carbonyl (C=O) groups excluding carboxylic acids is 2. The fourth-order valence-corrected chi connectivity index (χ4v) is 3.53. The molecular formula is C22H25N3O5. The van der Waals surface area contributed by atoms with Gasteiger partial charge < -0.3 is 15.4 Å². The Morgan fingerprint density at radius 1 is 1.13 bits per heavy atom. The van der Waals surface area contributed by atoms with Gasteiger partial charge in [0.1, 0.15) is 5.75 Å². The van der Waals surface area contributed by atoms with Gasteiger partial charge in [0.15, 0.2) is 6.61 Å². The summed E-state index contributed by atoms with van der Waals surface area (Å²) in [5.74, 6) is 0.400. The van der Waals surface area contributed by atoms with Gasteiger partial charge in [-0.15, -0.1) is 0 Å². The van der Waals surface area contributed by atoms with Crippen LogP contribution in [0, 0.1) is 16.0 Å². The third-order valence-corrected chi connectivity index (χ3v) is 5.26. The second-order valence-electron chi connectivity index (χ2n) is 7.51. The number of nitrogens with one attached hydrogen (secondary N) is 2. The van der Waals surface area contributed by atoms with Gasteiger partial charge in [-0.3, -0.25) is 19.7 Å². The van der Waals surface area contributed by atoms with Crippen LogP contribution >= 0.6 is 0 Å². The van der Waals surface area contributed by atoms with Crippen LogP contribution in [-0.4, -0.2) is 29.4 Å². The van der Waals surface area contributed by atoms with E-state index in [2.05, 4.69) is 17.6 Å². The number of rotatable bonds is 7. The van der Waals surface area contributed by atoms with E-state index in [1.165, 1.54) is 30.7 Å². The predicted octanol–water partition coefficient (Wildman–Crippen LogP) is 3.92. The van der Waals surface area contributed by atoms with Gasteiger partial charge >= 0.3 is 0 Å². The van der Waals surface area contributed by atoms with E-state index in [1.807, 2.05) is 0 Å². The van der Waals surface area contributed by atoms with Gasteiger partial charge in [-0.25, -0.2) is 0 Å². The maximum absolute atomic E-state index is 12.3. The van der Waals surface area contributed by atoms with E-state index in [-0.39, 0.29) is 29.8 Å². The fourth-order valence-electron chi connectivity index (χ4n) is 3.53. The van der Waals surface area contributed by atoms with Gasteiger partial charge in [-0.05, 0) is 49.1 Å². The molecule has 1 aliphatic rings. The van der Waals surface area contributed by atoms with Crippen LogP contribution in [0.3, 0.4) is 0 Å². The van der Waals surface area contributed by atoms with E-state index in [1.54, 1.807) is 24.3 Å². The van der Waals surface area contributed by atoms with Gasteiger partial charge in [-0.1, -0.05) is 25.8 Å². The van der Waals surface area contributed by atoms with Crippen LogP contribution in [0.5, 0.6) is 5.75 Å². The van der Waals surface area contributed by atoms with E-state index in [0.29, 0.717) is 17.4 Å². The number of hydrogen-bond donors (Lipinski definition) is 2. The number of carbonyl (C=O) groups is 2. The fraction of sp³-hybridized carbons (Fsp3) is 0.364. The van der Waals surface area contributed by atoms with E-state index in [9.17, 15) is 19.7 Å². The Morgan fingerprint density at radius 3 is 2.57 bits per heavy atom. The number of nitrogens with zero attached hydrogens (tertiary/aromatic N) is 1. The molecule has 0 radical (unpaired) electrons. The van der Waals surface area contributed by atoms with Crippen molar-refractivity contribution in [2.75, 3.05) is 11.9 Å². The van der Waals surface area contributed by atoms with Crippen molar-refractivity contribution in [1.82, 2.24) is 5.32 Å². The third-order valence-electron chi connectivity index (χ3n) is 5.26. The molecule has 0 bridgehead atoms. The van der Waals surface area contributed by atoms with Crippen LogP contribution < -0.4 is 15.4 Å². The number of nitro benzene ring substituents is 1. The zero-order chi connectivity index (χ0) is 21.5. The van der Waals surface area contributed by atoms with Crippen LogP contribution in [0.25, 0.3) is 0 Å². The molecule has 158 valence electrons. The number of ether oxygens (including phenoxy) is 1. The zero-order valence-electron chi connectivity index (χ0n) is 16.8. The number of non-ortho nitro benzene ring substituents is 1. The van der Waals surface area contributed by atoms with Crippen molar-refractivity contribution in [3.63, 3.8) is 0 Å². The number of anilines is 1. The maximum atomic E-state index is 12.3. The topological polar surface area (TPSA) is 111 Å². The average molecular weight is 411 g/mol. The molecule has 2 amide bonds. The second-order valence-corrected chi connectivity index (χ2v) is 7.51. The molecule has 2 aromatic rings. The quantitative estimate of drug-likeness (QED) is 0.530. The first-order chi connectivity index (χ1) is 14.4. The van der Waals surface area contributed by atoms with Crippen molar-refractivity contribution in [2.24, 2.45) is 5.92 Å². The number of amides is 2. The summed E-state index contributed by atoms with van der Waals surface area (Å²) in [5.41, 5.74) is 0.560. The first kappa shape index (κ1) is 21.3. The molecule has 2 atom stereocenters. The van der Waals surface area contributed by atoms with Crippen LogP contribution in [0.4, 0.5) is 11.4 Å². The van der Waals surface area contributed by atoms with Crippen molar-refractivity contribution in [3.05, 3.63) is 64.2 Å². The first-order valence-electron chi connectivity index (χ1n) is 10.0. The van der Waals surface area contributed by atoms with Crippen LogP contribution in [-0.2, 0) is 4.79 Å². The second kappa shape index (κ2) is 9.87. The number of benzene rings is 2. The molecule has 8 heteroatoms. The molecule has 0 aliphatic heterocycles. The minimum Gasteiger partial charge on any atom is -0.484 e. The van der Waals surface area contributed by atoms with E-state index in [0.717, 1.165) is 19.3 Å². The van der Waals surface area contributed by atoms with Gasteiger partial charge in [0.2, 0.25) is 0 Å². The van der Waals surface area contributed by atoms with Crippen molar-refractivity contribution in [3.8, 4) is 5.75 Å². The monoisotopic (exact) mass is 411 g/mol. The molecule has 0 aromatic heterocycles. The molecule has 0 heterocycles. The summed E-state index contributed by atoms with van der Waals surface area (Å²) in [5, 5.41) is 16.6. The molecule has 3 rings (SSSR count). The normalized spacial score (nSPS) is 18.3. The highest BCUT2D eigenvalue weighted by Gasteiger charge is 2.22. The molecule has 0 spiro atoms. The van der Waals surface area contributed by atoms with Gasteiger partial charge in [0.05, 0.1) is 4.92 Å². The predicted molar refractivity (Wildman–Crippen MR) is 113 cm³/mol. The van der Waals surface area contributed by atoms with Crippen LogP contribution in [0.2, 0.25) is 0 Å². The number of nitro groups is 1. The lowest BCUT2D eigenvalue weighted by Crippen LogP contribution is -2.43. The number of hydrogen-bond acceptors (Lipinski definition) is 5. The third kappa shape index (κ3) is 5.79. The maximum Gasteiger partial charge on any atom is 0.270 e. The standard InChI is InChI=1S/C22H25N3O5/c1-15-5-2-3-8-20(15)24-21(26)14-30-19-11-9-17(10-12-19)23-22(27)16-6-4-7-18(13-16)25(28)29/h4,6-7,9-13,15,20H,2-3,5,8,14H2,1H3,(H,23,27)(H,24,26)/t15-,20+/m1/s1. The SMILES string of the molecule is C[C@@H]1CCCC[C@@H]1NC(=O)COc1ccc(NC(=O)c2cccc([N+](=O)[O-])c2)cc1. The van der Waals surface area contributed by atoms with Crippen molar-refractivity contribution in [2.45, 2.75) is 38.6 Å². The molecule has 1 saturated carbocycles. The molecule has 0 saturated heterocycles. The Kier molecular flexibility index (Phi) is 7.00. The lowest BCUT2D eigenvalue weighted by molar-refractivity contribution is -0.384. The van der Waals surface area contributed by atoms with E-state index < -0.39 is 10.8 Å². The first-order valence-corrected chi connectivity index (χ1v) is 10.0. The summed E-state index contributed by atoms with van der Waals surface area (Å²) in [6.45, 7) is 2.09. The minimum atomic E-state index is -0.548. The summed E-state index contributed by atoms with van der Waals surface area (Å²) >= 11 is 0. The molecule has 8 nitrogen and oxygen atoms in total. The van der Waals surface area contributed by atoms with E-state index >= 15 is 0 Å². The highest BCUT2D eigenvalue weighted by atomic mass is 16.6. The van der Waals surface area contributed by atoms with E-state index in [4.69, 9.17) is 4.74 Å². The highest BCUT2D eigenvalue weighted by Crippen LogP contribution is 2.23. The van der Waals surface area contributed by atoms with Gasteiger partial charge in [0, 0.05) is 29.4 Å². The Morgan fingerprint density at radius 2 is 1.87 bits per heavy atom. The molecular weight excluding hydrogens is 386 g/mol. The van der Waals surface area contributed by atoms with Crippen molar-refractivity contribution in [1.29, 1.82) is 0 Å². The summed E-state index contributed by atoms with van der Waals surface area (Å²) in [7, 11) is 0. The largest absolute Gasteiger partial charge is 0.484 e. The van der Waals surface area contributed by atoms with Crippen molar-refractivity contribution >= 4 is 23.2 Å². The Bertz CT molecular complexity index is 913. The van der Waals surface area contributed by atoms with Gasteiger partial charge in [0.25, 0.3) is 17.5 Å². The Hall–Kier alpha value is -3.42. The molecule has 2 N–H and O–H groups in total. The Balaban J connectivity index is 1.50. The lowest BCUT2D eigenvalue weighted by atomic mass is 9.86. The molecule has 1 aliphatic carbocycles. The summed E-state index contributed by atoms with van der Waals surface area (Å²) in [4.78, 5) is 34.7. The molecule has 0 unspecified atom stereocenters. The van der Waals surface area contributed by atoms with Crippen LogP contribution in [0.1, 0.15) is 43.0 Å². The lowest BCUT2D eigenvalue weighted by Gasteiger charge is -2.29. The Labute approximate surface area is 174 Å². The van der Waals surface area contributed by atoms with Crippen molar-refractivity contribution < 1.29 is 19.2 Å². The zero-order valence-corrected chi connectivity index (χ0v) is 16.8. The van der Waals surface area contributed by atoms with Crippen LogP contribution in [0.15, 0.2) is 48.5 Å².